The predicted octanol–water partition coefficient (Wildman–Crippen LogP) is 1.45. The lowest BCUT2D eigenvalue weighted by molar-refractivity contribution is 0.642. The van der Waals surface area contributed by atoms with Crippen LogP contribution in [0.3, 0.4) is 0 Å². The number of pyridine rings is 1. The molecule has 0 aromatic carbocycles. The Kier molecular flexibility index (Phi) is 4.04. The largest absolute Gasteiger partial charge is 0.313 e. The number of hydrogen-bond donors (Lipinski definition) is 1. The molecule has 0 saturated carbocycles. The average molecular weight is 245 g/mol. The van der Waals surface area contributed by atoms with Crippen molar-refractivity contribution in [2.75, 3.05) is 6.54 Å². The fourth-order valence-electron chi connectivity index (χ4n) is 1.79. The number of aromatic nitrogens is 4. The van der Waals surface area contributed by atoms with Crippen molar-refractivity contribution in [3.63, 3.8) is 0 Å². The minimum absolute atomic E-state index is 0.675. The highest BCUT2D eigenvalue weighted by atomic mass is 15.3. The van der Waals surface area contributed by atoms with Gasteiger partial charge in [-0.25, -0.2) is 9.67 Å². The van der Waals surface area contributed by atoms with Gasteiger partial charge in [-0.2, -0.15) is 5.10 Å². The van der Waals surface area contributed by atoms with E-state index in [0.29, 0.717) is 6.54 Å². The van der Waals surface area contributed by atoms with E-state index >= 15 is 0 Å². The first kappa shape index (κ1) is 12.7. The van der Waals surface area contributed by atoms with Gasteiger partial charge in [-0.3, -0.25) is 4.98 Å². The lowest BCUT2D eigenvalue weighted by atomic mass is 10.2. The summed E-state index contributed by atoms with van der Waals surface area (Å²) in [6.07, 6.45) is 1.91. The predicted molar refractivity (Wildman–Crippen MR) is 70.2 cm³/mol. The van der Waals surface area contributed by atoms with Crippen LogP contribution in [0.15, 0.2) is 18.3 Å². The monoisotopic (exact) mass is 245 g/mol. The van der Waals surface area contributed by atoms with Crippen molar-refractivity contribution in [2.24, 2.45) is 0 Å². The number of nitrogens with zero attached hydrogens (tertiary/aromatic N) is 4. The van der Waals surface area contributed by atoms with Crippen LogP contribution in [0, 0.1) is 13.8 Å². The van der Waals surface area contributed by atoms with Gasteiger partial charge >= 0.3 is 0 Å². The Balaban J connectivity index is 2.04. The minimum atomic E-state index is 0.675. The number of rotatable bonds is 5. The molecule has 0 aliphatic rings. The lowest BCUT2D eigenvalue weighted by Gasteiger charge is -2.05. The summed E-state index contributed by atoms with van der Waals surface area (Å²) in [6, 6.07) is 4.15. The van der Waals surface area contributed by atoms with E-state index in [4.69, 9.17) is 0 Å². The van der Waals surface area contributed by atoms with Gasteiger partial charge < -0.3 is 5.32 Å². The fourth-order valence-corrected chi connectivity index (χ4v) is 1.79. The zero-order valence-corrected chi connectivity index (χ0v) is 11.1. The first-order valence-electron chi connectivity index (χ1n) is 6.21. The highest BCUT2D eigenvalue weighted by molar-refractivity contribution is 5.14. The van der Waals surface area contributed by atoms with E-state index in [9.17, 15) is 0 Å². The Bertz CT molecular complexity index is 501. The zero-order valence-electron chi connectivity index (χ0n) is 11.1. The quantitative estimate of drug-likeness (QED) is 0.866. The van der Waals surface area contributed by atoms with Crippen molar-refractivity contribution < 1.29 is 0 Å². The van der Waals surface area contributed by atoms with Gasteiger partial charge in [0.05, 0.1) is 12.2 Å². The standard InChI is InChI=1S/C13H19N5/c1-4-14-7-12-5-6-13(15-8-12)9-18-11(3)16-10(2)17-18/h5-6,8,14H,4,7,9H2,1-3H3. The van der Waals surface area contributed by atoms with Crippen LogP contribution in [0.1, 0.15) is 29.8 Å². The molecule has 2 heterocycles. The molecule has 0 atom stereocenters. The van der Waals surface area contributed by atoms with Gasteiger partial charge in [0.1, 0.15) is 11.6 Å². The molecule has 2 rings (SSSR count). The molecule has 0 bridgehead atoms. The molecule has 18 heavy (non-hydrogen) atoms. The number of aryl methyl sites for hydroxylation is 2. The van der Waals surface area contributed by atoms with E-state index in [1.165, 1.54) is 5.56 Å². The average Bonchev–Trinajstić information content (AvgIpc) is 2.67. The van der Waals surface area contributed by atoms with Gasteiger partial charge in [-0.15, -0.1) is 0 Å². The van der Waals surface area contributed by atoms with Crippen molar-refractivity contribution in [3.8, 4) is 0 Å². The summed E-state index contributed by atoms with van der Waals surface area (Å²) in [5.41, 5.74) is 2.20. The number of nitrogens with one attached hydrogen (secondary N) is 1. The van der Waals surface area contributed by atoms with Crippen LogP contribution in [0.2, 0.25) is 0 Å². The molecule has 2 aromatic rings. The maximum absolute atomic E-state index is 4.45. The molecule has 1 N–H and O–H groups in total. The third-order valence-electron chi connectivity index (χ3n) is 2.74. The molecule has 0 unspecified atom stereocenters. The lowest BCUT2D eigenvalue weighted by Crippen LogP contribution is -2.12. The molecule has 0 saturated heterocycles. The fraction of sp³-hybridized carbons (Fsp3) is 0.462. The van der Waals surface area contributed by atoms with Crippen LogP contribution < -0.4 is 5.32 Å². The summed E-state index contributed by atoms with van der Waals surface area (Å²) in [7, 11) is 0. The van der Waals surface area contributed by atoms with Crippen LogP contribution in [0.5, 0.6) is 0 Å². The van der Waals surface area contributed by atoms with Crippen LogP contribution in [-0.4, -0.2) is 26.3 Å². The van der Waals surface area contributed by atoms with Gasteiger partial charge in [0, 0.05) is 12.7 Å². The van der Waals surface area contributed by atoms with Gasteiger partial charge in [0.25, 0.3) is 0 Å². The van der Waals surface area contributed by atoms with E-state index in [0.717, 1.165) is 30.4 Å². The molecule has 0 spiro atoms. The second-order valence-corrected chi connectivity index (χ2v) is 4.30. The number of hydrogen-bond acceptors (Lipinski definition) is 4. The molecular weight excluding hydrogens is 226 g/mol. The van der Waals surface area contributed by atoms with Crippen LogP contribution in [0.4, 0.5) is 0 Å². The zero-order chi connectivity index (χ0) is 13.0. The van der Waals surface area contributed by atoms with Crippen molar-refractivity contribution >= 4 is 0 Å². The van der Waals surface area contributed by atoms with E-state index in [1.807, 2.05) is 30.8 Å². The third kappa shape index (κ3) is 3.13. The summed E-state index contributed by atoms with van der Waals surface area (Å²) in [5, 5.41) is 7.61. The molecule has 0 radical (unpaired) electrons. The Morgan fingerprint density at radius 3 is 2.67 bits per heavy atom. The van der Waals surface area contributed by atoms with E-state index < -0.39 is 0 Å². The summed E-state index contributed by atoms with van der Waals surface area (Å²) in [4.78, 5) is 8.73. The molecule has 0 aliphatic carbocycles. The Morgan fingerprint density at radius 2 is 2.11 bits per heavy atom. The normalized spacial score (nSPS) is 10.8. The third-order valence-corrected chi connectivity index (χ3v) is 2.74. The molecular formula is C13H19N5. The Labute approximate surface area is 107 Å². The first-order chi connectivity index (χ1) is 8.69. The van der Waals surface area contributed by atoms with Gasteiger partial charge in [-0.05, 0) is 32.0 Å². The van der Waals surface area contributed by atoms with Crippen molar-refractivity contribution in [1.29, 1.82) is 0 Å². The van der Waals surface area contributed by atoms with Crippen molar-refractivity contribution in [3.05, 3.63) is 41.2 Å². The highest BCUT2D eigenvalue weighted by Gasteiger charge is 2.04. The van der Waals surface area contributed by atoms with Gasteiger partial charge in [-0.1, -0.05) is 13.0 Å². The van der Waals surface area contributed by atoms with Crippen molar-refractivity contribution in [2.45, 2.75) is 33.9 Å². The molecule has 96 valence electrons. The topological polar surface area (TPSA) is 55.6 Å². The minimum Gasteiger partial charge on any atom is -0.313 e. The van der Waals surface area contributed by atoms with Crippen molar-refractivity contribution in [1.82, 2.24) is 25.1 Å². The maximum Gasteiger partial charge on any atom is 0.147 e. The molecule has 2 aromatic heterocycles. The van der Waals surface area contributed by atoms with Crippen LogP contribution in [0.25, 0.3) is 0 Å². The summed E-state index contributed by atoms with van der Waals surface area (Å²) >= 11 is 0. The van der Waals surface area contributed by atoms with Gasteiger partial charge in [0.15, 0.2) is 0 Å². The van der Waals surface area contributed by atoms with E-state index in [1.54, 1.807) is 0 Å². The highest BCUT2D eigenvalue weighted by Crippen LogP contribution is 2.04. The van der Waals surface area contributed by atoms with E-state index in [2.05, 4.69) is 33.4 Å². The molecule has 0 aliphatic heterocycles. The molecule has 0 fully saturated rings. The second kappa shape index (κ2) is 5.73. The summed E-state index contributed by atoms with van der Waals surface area (Å²) in [5.74, 6) is 1.72. The molecule has 0 amide bonds. The first-order valence-corrected chi connectivity index (χ1v) is 6.21. The smallest absolute Gasteiger partial charge is 0.147 e. The second-order valence-electron chi connectivity index (χ2n) is 4.30. The van der Waals surface area contributed by atoms with Crippen LogP contribution >= 0.6 is 0 Å². The molecule has 5 nitrogen and oxygen atoms in total. The van der Waals surface area contributed by atoms with Gasteiger partial charge in [0.2, 0.25) is 0 Å². The maximum atomic E-state index is 4.45. The Hall–Kier alpha value is -1.75. The molecule has 5 heteroatoms. The summed E-state index contributed by atoms with van der Waals surface area (Å²) < 4.78 is 1.88. The SMILES string of the molecule is CCNCc1ccc(Cn2nc(C)nc2C)nc1. The van der Waals surface area contributed by atoms with E-state index in [-0.39, 0.29) is 0 Å². The summed E-state index contributed by atoms with van der Waals surface area (Å²) in [6.45, 7) is 8.46. The van der Waals surface area contributed by atoms with Crippen LogP contribution in [-0.2, 0) is 13.1 Å². The Morgan fingerprint density at radius 1 is 1.28 bits per heavy atom.